The summed E-state index contributed by atoms with van der Waals surface area (Å²) in [6.45, 7) is 8.84. The number of carbonyl (C=O) groups excluding carboxylic acids is 2. The van der Waals surface area contributed by atoms with Gasteiger partial charge >= 0.3 is 5.97 Å². The SMILES string of the molecule is CC(=O)NC(C)C(=O)NC(CCC(C)(C)C)C(=O)O. The van der Waals surface area contributed by atoms with Crippen molar-refractivity contribution in [3.8, 4) is 0 Å². The largest absolute Gasteiger partial charge is 0.480 e. The molecule has 6 heteroatoms. The molecule has 0 rings (SSSR count). The van der Waals surface area contributed by atoms with Gasteiger partial charge in [-0.1, -0.05) is 20.8 Å². The minimum Gasteiger partial charge on any atom is -0.480 e. The summed E-state index contributed by atoms with van der Waals surface area (Å²) in [5, 5.41) is 13.9. The lowest BCUT2D eigenvalue weighted by Gasteiger charge is -2.22. The van der Waals surface area contributed by atoms with Crippen molar-refractivity contribution in [3.05, 3.63) is 0 Å². The highest BCUT2D eigenvalue weighted by Gasteiger charge is 2.25. The number of carboxylic acid groups (broad SMARTS) is 1. The van der Waals surface area contributed by atoms with Crippen molar-refractivity contribution in [3.63, 3.8) is 0 Å². The lowest BCUT2D eigenvalue weighted by Crippen LogP contribution is -2.50. The molecule has 0 aromatic rings. The van der Waals surface area contributed by atoms with E-state index in [1.54, 1.807) is 0 Å². The molecule has 110 valence electrons. The second-order valence-electron chi connectivity index (χ2n) is 5.92. The fraction of sp³-hybridized carbons (Fsp3) is 0.769. The summed E-state index contributed by atoms with van der Waals surface area (Å²) in [6.07, 6.45) is 1.04. The second-order valence-corrected chi connectivity index (χ2v) is 5.92. The van der Waals surface area contributed by atoms with E-state index < -0.39 is 24.0 Å². The van der Waals surface area contributed by atoms with Crippen LogP contribution in [-0.2, 0) is 14.4 Å². The Balaban J connectivity index is 4.46. The van der Waals surface area contributed by atoms with Gasteiger partial charge in [-0.3, -0.25) is 9.59 Å². The van der Waals surface area contributed by atoms with Gasteiger partial charge in [0.25, 0.3) is 0 Å². The molecule has 3 N–H and O–H groups in total. The smallest absolute Gasteiger partial charge is 0.326 e. The lowest BCUT2D eigenvalue weighted by atomic mass is 9.88. The molecule has 6 nitrogen and oxygen atoms in total. The van der Waals surface area contributed by atoms with E-state index in [0.29, 0.717) is 12.8 Å². The number of amides is 2. The van der Waals surface area contributed by atoms with Gasteiger partial charge in [0.05, 0.1) is 0 Å². The van der Waals surface area contributed by atoms with Gasteiger partial charge in [0.1, 0.15) is 12.1 Å². The molecule has 2 unspecified atom stereocenters. The summed E-state index contributed by atoms with van der Waals surface area (Å²) in [5.41, 5.74) is 0.00166. The Morgan fingerprint density at radius 1 is 1.16 bits per heavy atom. The van der Waals surface area contributed by atoms with E-state index in [-0.39, 0.29) is 11.3 Å². The first-order chi connectivity index (χ1) is 8.53. The zero-order valence-electron chi connectivity index (χ0n) is 12.2. The number of aliphatic carboxylic acids is 1. The standard InChI is InChI=1S/C13H24N2O4/c1-8(14-9(2)16)11(17)15-10(12(18)19)6-7-13(3,4)5/h8,10H,6-7H2,1-5H3,(H,14,16)(H,15,17)(H,18,19). The van der Waals surface area contributed by atoms with Gasteiger partial charge in [0, 0.05) is 6.92 Å². The van der Waals surface area contributed by atoms with E-state index in [0.717, 1.165) is 0 Å². The van der Waals surface area contributed by atoms with Gasteiger partial charge in [0.2, 0.25) is 11.8 Å². The molecule has 2 atom stereocenters. The number of nitrogens with one attached hydrogen (secondary N) is 2. The van der Waals surface area contributed by atoms with Crippen LogP contribution in [0.1, 0.15) is 47.5 Å². The van der Waals surface area contributed by atoms with E-state index in [4.69, 9.17) is 5.11 Å². The Morgan fingerprint density at radius 2 is 1.68 bits per heavy atom. The molecule has 0 aromatic heterocycles. The molecular formula is C13H24N2O4. The second kappa shape index (κ2) is 7.11. The van der Waals surface area contributed by atoms with Crippen LogP contribution < -0.4 is 10.6 Å². The monoisotopic (exact) mass is 272 g/mol. The summed E-state index contributed by atoms with van der Waals surface area (Å²) < 4.78 is 0. The van der Waals surface area contributed by atoms with Crippen LogP contribution >= 0.6 is 0 Å². The van der Waals surface area contributed by atoms with Crippen LogP contribution in [0.5, 0.6) is 0 Å². The number of carboxylic acids is 1. The fourth-order valence-corrected chi connectivity index (χ4v) is 1.50. The van der Waals surface area contributed by atoms with Crippen LogP contribution in [0.2, 0.25) is 0 Å². The first kappa shape index (κ1) is 17.4. The average Bonchev–Trinajstić information content (AvgIpc) is 2.20. The quantitative estimate of drug-likeness (QED) is 0.669. The number of carbonyl (C=O) groups is 3. The first-order valence-electron chi connectivity index (χ1n) is 6.33. The number of rotatable bonds is 6. The van der Waals surface area contributed by atoms with E-state index in [1.165, 1.54) is 13.8 Å². The van der Waals surface area contributed by atoms with Crippen molar-refractivity contribution in [2.24, 2.45) is 5.41 Å². The Labute approximate surface area is 113 Å². The molecule has 0 aromatic carbocycles. The fourth-order valence-electron chi connectivity index (χ4n) is 1.50. The molecule has 0 saturated heterocycles. The molecule has 0 heterocycles. The molecular weight excluding hydrogens is 248 g/mol. The molecule has 0 spiro atoms. The normalized spacial score (nSPS) is 14.4. The molecule has 0 bridgehead atoms. The van der Waals surface area contributed by atoms with Gasteiger partial charge < -0.3 is 15.7 Å². The third-order valence-corrected chi connectivity index (χ3v) is 2.61. The zero-order chi connectivity index (χ0) is 15.2. The Hall–Kier alpha value is -1.59. The Kier molecular flexibility index (Phi) is 6.52. The summed E-state index contributed by atoms with van der Waals surface area (Å²) in [4.78, 5) is 33.7. The first-order valence-corrected chi connectivity index (χ1v) is 6.33. The predicted octanol–water partition coefficient (Wildman–Crippen LogP) is 0.907. The molecule has 2 amide bonds. The number of hydrogen-bond acceptors (Lipinski definition) is 3. The lowest BCUT2D eigenvalue weighted by molar-refractivity contribution is -0.142. The van der Waals surface area contributed by atoms with Crippen LogP contribution in [0.15, 0.2) is 0 Å². The summed E-state index contributed by atoms with van der Waals surface area (Å²) in [7, 11) is 0. The molecule has 0 radical (unpaired) electrons. The van der Waals surface area contributed by atoms with Gasteiger partial charge in [0.15, 0.2) is 0 Å². The molecule has 0 saturated carbocycles. The Bertz CT molecular complexity index is 347. The predicted molar refractivity (Wildman–Crippen MR) is 71.5 cm³/mol. The van der Waals surface area contributed by atoms with Crippen molar-refractivity contribution in [2.75, 3.05) is 0 Å². The van der Waals surface area contributed by atoms with Crippen molar-refractivity contribution >= 4 is 17.8 Å². The molecule has 0 aliphatic heterocycles. The van der Waals surface area contributed by atoms with Crippen molar-refractivity contribution in [2.45, 2.75) is 59.5 Å². The molecule has 19 heavy (non-hydrogen) atoms. The van der Waals surface area contributed by atoms with E-state index in [1.807, 2.05) is 20.8 Å². The highest BCUT2D eigenvalue weighted by Crippen LogP contribution is 2.21. The van der Waals surface area contributed by atoms with Crippen molar-refractivity contribution in [1.29, 1.82) is 0 Å². The van der Waals surface area contributed by atoms with Gasteiger partial charge in [-0.15, -0.1) is 0 Å². The maximum absolute atomic E-state index is 11.7. The molecule has 0 aliphatic carbocycles. The average molecular weight is 272 g/mol. The number of hydrogen-bond donors (Lipinski definition) is 3. The van der Waals surface area contributed by atoms with Crippen molar-refractivity contribution < 1.29 is 19.5 Å². The summed E-state index contributed by atoms with van der Waals surface area (Å²) in [5.74, 6) is -1.88. The van der Waals surface area contributed by atoms with Crippen LogP contribution in [0.3, 0.4) is 0 Å². The third-order valence-electron chi connectivity index (χ3n) is 2.61. The van der Waals surface area contributed by atoms with Crippen LogP contribution in [0, 0.1) is 5.41 Å². The van der Waals surface area contributed by atoms with Crippen molar-refractivity contribution in [1.82, 2.24) is 10.6 Å². The van der Waals surface area contributed by atoms with Gasteiger partial charge in [-0.05, 0) is 25.2 Å². The molecule has 0 aliphatic rings. The maximum Gasteiger partial charge on any atom is 0.326 e. The Morgan fingerprint density at radius 3 is 2.05 bits per heavy atom. The maximum atomic E-state index is 11.7. The van der Waals surface area contributed by atoms with Crippen LogP contribution in [0.4, 0.5) is 0 Å². The summed E-state index contributed by atoms with van der Waals surface area (Å²) in [6, 6.07) is -1.67. The zero-order valence-corrected chi connectivity index (χ0v) is 12.2. The summed E-state index contributed by atoms with van der Waals surface area (Å²) >= 11 is 0. The van der Waals surface area contributed by atoms with Crippen LogP contribution in [-0.4, -0.2) is 35.0 Å². The van der Waals surface area contributed by atoms with Gasteiger partial charge in [-0.25, -0.2) is 4.79 Å². The topological polar surface area (TPSA) is 95.5 Å². The highest BCUT2D eigenvalue weighted by molar-refractivity contribution is 5.89. The van der Waals surface area contributed by atoms with Gasteiger partial charge in [-0.2, -0.15) is 0 Å². The third kappa shape index (κ3) is 8.18. The van der Waals surface area contributed by atoms with E-state index in [9.17, 15) is 14.4 Å². The molecule has 0 fully saturated rings. The van der Waals surface area contributed by atoms with Crippen LogP contribution in [0.25, 0.3) is 0 Å². The van der Waals surface area contributed by atoms with E-state index in [2.05, 4.69) is 10.6 Å². The minimum absolute atomic E-state index is 0.00166. The van der Waals surface area contributed by atoms with E-state index >= 15 is 0 Å². The minimum atomic E-state index is -1.06. The highest BCUT2D eigenvalue weighted by atomic mass is 16.4.